The highest BCUT2D eigenvalue weighted by atomic mass is 16.2. The second-order valence-corrected chi connectivity index (χ2v) is 5.49. The number of nitrogens with zero attached hydrogens (tertiary/aromatic N) is 2. The van der Waals surface area contributed by atoms with Gasteiger partial charge in [0, 0.05) is 45.8 Å². The highest BCUT2D eigenvalue weighted by Crippen LogP contribution is 2.08. The lowest BCUT2D eigenvalue weighted by Crippen LogP contribution is -2.49. The van der Waals surface area contributed by atoms with E-state index in [-0.39, 0.29) is 5.91 Å². The van der Waals surface area contributed by atoms with Crippen LogP contribution in [0.3, 0.4) is 0 Å². The first-order valence-electron chi connectivity index (χ1n) is 7.68. The number of nitrogens with one attached hydrogen (secondary N) is 2. The fourth-order valence-corrected chi connectivity index (χ4v) is 2.53. The summed E-state index contributed by atoms with van der Waals surface area (Å²) in [7, 11) is 1.89. The minimum Gasteiger partial charge on any atom is -0.354 e. The van der Waals surface area contributed by atoms with Crippen LogP contribution in [0.1, 0.15) is 5.56 Å². The summed E-state index contributed by atoms with van der Waals surface area (Å²) in [4.78, 5) is 16.4. The average molecular weight is 290 g/mol. The van der Waals surface area contributed by atoms with Gasteiger partial charge >= 0.3 is 0 Å². The van der Waals surface area contributed by atoms with Crippen LogP contribution in [0.25, 0.3) is 0 Å². The number of carbonyl (C=O) groups excluding carboxylic acids is 1. The topological polar surface area (TPSA) is 47.6 Å². The first kappa shape index (κ1) is 15.9. The first-order chi connectivity index (χ1) is 10.3. The zero-order valence-electron chi connectivity index (χ0n) is 12.8. The van der Waals surface area contributed by atoms with Gasteiger partial charge in [0.25, 0.3) is 0 Å². The summed E-state index contributed by atoms with van der Waals surface area (Å²) in [5.41, 5.74) is 1.36. The van der Waals surface area contributed by atoms with Gasteiger partial charge in [-0.05, 0) is 12.6 Å². The molecule has 21 heavy (non-hydrogen) atoms. The maximum atomic E-state index is 11.8. The third-order valence-corrected chi connectivity index (χ3v) is 3.78. The molecule has 5 nitrogen and oxygen atoms in total. The predicted octanol–water partition coefficient (Wildman–Crippen LogP) is 0.140. The summed E-state index contributed by atoms with van der Waals surface area (Å²) in [6, 6.07) is 10.6. The zero-order valence-corrected chi connectivity index (χ0v) is 12.8. The highest BCUT2D eigenvalue weighted by Gasteiger charge is 2.18. The first-order valence-corrected chi connectivity index (χ1v) is 7.68. The molecule has 1 aliphatic heterocycles. The van der Waals surface area contributed by atoms with Gasteiger partial charge in [0.05, 0.1) is 6.54 Å². The molecular formula is C16H26N4O. The number of carbonyl (C=O) groups is 1. The number of benzene rings is 1. The molecule has 0 bridgehead atoms. The molecule has 0 atom stereocenters. The number of hydrogen-bond donors (Lipinski definition) is 2. The lowest BCUT2D eigenvalue weighted by molar-refractivity contribution is -0.122. The molecule has 1 amide bonds. The van der Waals surface area contributed by atoms with E-state index in [0.717, 1.165) is 39.3 Å². The van der Waals surface area contributed by atoms with E-state index in [9.17, 15) is 4.79 Å². The third kappa shape index (κ3) is 5.83. The molecule has 5 heteroatoms. The molecule has 116 valence electrons. The van der Waals surface area contributed by atoms with Crippen molar-refractivity contribution >= 4 is 5.91 Å². The molecule has 1 aromatic carbocycles. The quantitative estimate of drug-likeness (QED) is 0.701. The maximum absolute atomic E-state index is 11.8. The van der Waals surface area contributed by atoms with Gasteiger partial charge in [-0.2, -0.15) is 0 Å². The van der Waals surface area contributed by atoms with Crippen LogP contribution in [0.4, 0.5) is 0 Å². The number of piperazine rings is 1. The van der Waals surface area contributed by atoms with E-state index in [0.29, 0.717) is 13.1 Å². The molecule has 1 heterocycles. The van der Waals surface area contributed by atoms with Crippen molar-refractivity contribution < 1.29 is 4.79 Å². The second-order valence-electron chi connectivity index (χ2n) is 5.49. The van der Waals surface area contributed by atoms with E-state index in [2.05, 4.69) is 44.7 Å². The number of rotatable bonds is 7. The van der Waals surface area contributed by atoms with Crippen molar-refractivity contribution in [2.75, 3.05) is 52.9 Å². The summed E-state index contributed by atoms with van der Waals surface area (Å²) in [5.74, 6) is 0.127. The predicted molar refractivity (Wildman–Crippen MR) is 85.1 cm³/mol. The van der Waals surface area contributed by atoms with Crippen molar-refractivity contribution in [3.63, 3.8) is 0 Å². The Bertz CT molecular complexity index is 416. The zero-order chi connectivity index (χ0) is 14.9. The molecule has 0 aromatic heterocycles. The van der Waals surface area contributed by atoms with E-state index < -0.39 is 0 Å². The molecule has 0 spiro atoms. The van der Waals surface area contributed by atoms with Crippen molar-refractivity contribution in [1.82, 2.24) is 20.4 Å². The summed E-state index contributed by atoms with van der Waals surface area (Å²) >= 11 is 0. The smallest absolute Gasteiger partial charge is 0.234 e. The Hall–Kier alpha value is -1.43. The second kappa shape index (κ2) is 8.77. The fourth-order valence-electron chi connectivity index (χ4n) is 2.53. The Morgan fingerprint density at radius 2 is 1.71 bits per heavy atom. The van der Waals surface area contributed by atoms with Crippen LogP contribution in [0.2, 0.25) is 0 Å². The van der Waals surface area contributed by atoms with Crippen LogP contribution in [0.15, 0.2) is 30.3 Å². The van der Waals surface area contributed by atoms with Crippen molar-refractivity contribution in [2.45, 2.75) is 6.54 Å². The lowest BCUT2D eigenvalue weighted by atomic mass is 10.2. The number of amides is 1. The molecular weight excluding hydrogens is 264 g/mol. The van der Waals surface area contributed by atoms with Crippen LogP contribution < -0.4 is 10.6 Å². The molecule has 0 aliphatic carbocycles. The summed E-state index contributed by atoms with van der Waals surface area (Å²) in [6.45, 7) is 7.02. The number of hydrogen-bond acceptors (Lipinski definition) is 4. The van der Waals surface area contributed by atoms with Crippen LogP contribution in [-0.4, -0.2) is 68.6 Å². The minimum atomic E-state index is 0.127. The summed E-state index contributed by atoms with van der Waals surface area (Å²) in [5, 5.41) is 5.95. The van der Waals surface area contributed by atoms with Gasteiger partial charge in [-0.1, -0.05) is 30.3 Å². The Labute approximate surface area is 127 Å². The Morgan fingerprint density at radius 1 is 1.05 bits per heavy atom. The molecule has 2 rings (SSSR count). The van der Waals surface area contributed by atoms with Crippen molar-refractivity contribution in [2.24, 2.45) is 0 Å². The van der Waals surface area contributed by atoms with E-state index in [1.54, 1.807) is 0 Å². The molecule has 1 aromatic rings. The van der Waals surface area contributed by atoms with Gasteiger partial charge in [-0.25, -0.2) is 0 Å². The maximum Gasteiger partial charge on any atom is 0.234 e. The summed E-state index contributed by atoms with van der Waals surface area (Å²) in [6.07, 6.45) is 0. The largest absolute Gasteiger partial charge is 0.354 e. The monoisotopic (exact) mass is 290 g/mol. The Kier molecular flexibility index (Phi) is 6.66. The molecule has 1 aliphatic rings. The lowest BCUT2D eigenvalue weighted by Gasteiger charge is -2.34. The fraction of sp³-hybridized carbons (Fsp3) is 0.562. The van der Waals surface area contributed by atoms with E-state index in [1.165, 1.54) is 5.56 Å². The molecule has 1 fully saturated rings. The normalized spacial score (nSPS) is 16.8. The van der Waals surface area contributed by atoms with Crippen LogP contribution in [0, 0.1) is 0 Å². The molecule has 0 radical (unpaired) electrons. The Balaban J connectivity index is 1.65. The molecule has 2 N–H and O–H groups in total. The summed E-state index contributed by atoms with van der Waals surface area (Å²) < 4.78 is 0. The van der Waals surface area contributed by atoms with Gasteiger partial charge in [0.1, 0.15) is 0 Å². The van der Waals surface area contributed by atoms with E-state index in [4.69, 9.17) is 0 Å². The van der Waals surface area contributed by atoms with Gasteiger partial charge in [-0.15, -0.1) is 0 Å². The minimum absolute atomic E-state index is 0.127. The van der Waals surface area contributed by atoms with Crippen molar-refractivity contribution in [3.05, 3.63) is 35.9 Å². The number of likely N-dealkylation sites (N-methyl/N-ethyl adjacent to an activating group) is 1. The van der Waals surface area contributed by atoms with Gasteiger partial charge in [0.15, 0.2) is 0 Å². The Morgan fingerprint density at radius 3 is 2.38 bits per heavy atom. The van der Waals surface area contributed by atoms with Crippen LogP contribution >= 0.6 is 0 Å². The average Bonchev–Trinajstić information content (AvgIpc) is 2.51. The van der Waals surface area contributed by atoms with E-state index >= 15 is 0 Å². The highest BCUT2D eigenvalue weighted by molar-refractivity contribution is 5.78. The SMILES string of the molecule is CNCCNC(=O)CN1CCN(Cc2ccccc2)CC1. The van der Waals surface area contributed by atoms with Crippen molar-refractivity contribution in [1.29, 1.82) is 0 Å². The molecule has 0 unspecified atom stereocenters. The molecule has 1 saturated heterocycles. The third-order valence-electron chi connectivity index (χ3n) is 3.78. The van der Waals surface area contributed by atoms with Gasteiger partial charge < -0.3 is 10.6 Å². The van der Waals surface area contributed by atoms with Crippen LogP contribution in [-0.2, 0) is 11.3 Å². The molecule has 0 saturated carbocycles. The van der Waals surface area contributed by atoms with E-state index in [1.807, 2.05) is 13.1 Å². The van der Waals surface area contributed by atoms with Crippen molar-refractivity contribution in [3.8, 4) is 0 Å². The van der Waals surface area contributed by atoms with Crippen LogP contribution in [0.5, 0.6) is 0 Å². The standard InChI is InChI=1S/C16H26N4O/c1-17-7-8-18-16(21)14-20-11-9-19(10-12-20)13-15-5-3-2-4-6-15/h2-6,17H,7-14H2,1H3,(H,18,21). The van der Waals surface area contributed by atoms with Gasteiger partial charge in [0.2, 0.25) is 5.91 Å². The van der Waals surface area contributed by atoms with Gasteiger partial charge in [-0.3, -0.25) is 14.6 Å².